The number of carbonyl (C=O) groups excluding carboxylic acids is 2. The highest BCUT2D eigenvalue weighted by atomic mass is 32.2. The zero-order chi connectivity index (χ0) is 33.7. The van der Waals surface area contributed by atoms with Crippen LogP contribution in [0.3, 0.4) is 0 Å². The number of nitrogens with zero attached hydrogens (tertiary/aromatic N) is 2. The molecule has 0 fully saturated rings. The van der Waals surface area contributed by atoms with Crippen molar-refractivity contribution >= 4 is 28.9 Å². The number of rotatable bonds is 13. The number of methoxy groups -OCH3 is 1. The summed E-state index contributed by atoms with van der Waals surface area (Å²) in [5, 5.41) is 9.23. The van der Waals surface area contributed by atoms with Gasteiger partial charge in [-0.3, -0.25) is 18.9 Å². The Hall–Kier alpha value is -4.38. The van der Waals surface area contributed by atoms with Gasteiger partial charge in [-0.15, -0.1) is 0 Å². The van der Waals surface area contributed by atoms with Gasteiger partial charge >= 0.3 is 0 Å². The van der Waals surface area contributed by atoms with Gasteiger partial charge < -0.3 is 20.7 Å². The standard InChI is InChI=1S/C21H27N3O4S.C8H12N2.C7H8/c1-24(29(3)27)19-11-17(15-25)10-18(13-19)21(26)23-9-5-8-22-14-16-6-4-7-20(12-16)28-2;1-7-4-3-5-8(10-7)6-9-2;1-7-5-3-2-4-6-7/h4,6-7,10-13,15,22H,5,8-9,14H2,1-3H3,(H,23,26);3-5,9H,6H2,1-2H3;2-6H,1H3. The molecule has 1 aromatic heterocycles. The first kappa shape index (κ1) is 37.8. The van der Waals surface area contributed by atoms with E-state index < -0.39 is 11.0 Å². The molecule has 0 saturated heterocycles. The van der Waals surface area contributed by atoms with Crippen LogP contribution < -0.4 is 25.0 Å². The summed E-state index contributed by atoms with van der Waals surface area (Å²) in [6, 6.07) is 28.9. The van der Waals surface area contributed by atoms with Crippen LogP contribution in [0, 0.1) is 13.8 Å². The second-order valence-electron chi connectivity index (χ2n) is 10.4. The molecule has 1 atom stereocenters. The molecule has 0 radical (unpaired) electrons. The number of amides is 1. The number of aromatic nitrogens is 1. The zero-order valence-electron chi connectivity index (χ0n) is 27.7. The number of hydrogen-bond acceptors (Lipinski definition) is 7. The van der Waals surface area contributed by atoms with Crippen LogP contribution >= 0.6 is 0 Å². The third kappa shape index (κ3) is 14.6. The molecule has 246 valence electrons. The molecule has 9 nitrogen and oxygen atoms in total. The molecule has 4 rings (SSSR count). The Morgan fingerprint density at radius 3 is 2.28 bits per heavy atom. The second kappa shape index (κ2) is 21.4. The molecule has 0 aliphatic carbocycles. The molecule has 10 heteroatoms. The topological polar surface area (TPSA) is 113 Å². The number of carbonyl (C=O) groups is 2. The van der Waals surface area contributed by atoms with Crippen molar-refractivity contribution in [2.75, 3.05) is 44.9 Å². The first-order valence-corrected chi connectivity index (χ1v) is 16.6. The van der Waals surface area contributed by atoms with Gasteiger partial charge in [0, 0.05) is 49.8 Å². The third-order valence-electron chi connectivity index (χ3n) is 6.61. The Bertz CT molecular complexity index is 1520. The fraction of sp³-hybridized carbons (Fsp3) is 0.306. The van der Waals surface area contributed by atoms with Crippen LogP contribution in [0.1, 0.15) is 49.7 Å². The number of aldehydes is 1. The maximum Gasteiger partial charge on any atom is 0.251 e. The average Bonchev–Trinajstić information content (AvgIpc) is 3.06. The monoisotopic (exact) mass is 645 g/mol. The minimum Gasteiger partial charge on any atom is -0.497 e. The van der Waals surface area contributed by atoms with Crippen LogP contribution in [-0.2, 0) is 24.1 Å². The molecule has 0 bridgehead atoms. The Kier molecular flexibility index (Phi) is 17.6. The molecule has 3 aromatic carbocycles. The van der Waals surface area contributed by atoms with Crippen molar-refractivity contribution in [3.63, 3.8) is 0 Å². The Balaban J connectivity index is 0.000000348. The van der Waals surface area contributed by atoms with Gasteiger partial charge in [-0.05, 0) is 81.9 Å². The molecular formula is C36H47N5O4S. The van der Waals surface area contributed by atoms with Crippen molar-refractivity contribution < 1.29 is 18.5 Å². The Labute approximate surface area is 276 Å². The lowest BCUT2D eigenvalue weighted by atomic mass is 10.1. The van der Waals surface area contributed by atoms with Crippen molar-refractivity contribution in [3.8, 4) is 5.75 Å². The lowest BCUT2D eigenvalue weighted by molar-refractivity contribution is 0.0953. The van der Waals surface area contributed by atoms with Gasteiger partial charge in [-0.25, -0.2) is 4.21 Å². The molecule has 4 aromatic rings. The van der Waals surface area contributed by atoms with E-state index in [4.69, 9.17) is 4.74 Å². The fourth-order valence-corrected chi connectivity index (χ4v) is 4.51. The largest absolute Gasteiger partial charge is 0.497 e. The van der Waals surface area contributed by atoms with Gasteiger partial charge in [-0.2, -0.15) is 0 Å². The minimum absolute atomic E-state index is 0.266. The quantitative estimate of drug-likeness (QED) is 0.135. The van der Waals surface area contributed by atoms with Crippen LogP contribution in [0.15, 0.2) is 91.0 Å². The van der Waals surface area contributed by atoms with Gasteiger partial charge in [0.1, 0.15) is 23.0 Å². The molecule has 0 aliphatic heterocycles. The highest BCUT2D eigenvalue weighted by Gasteiger charge is 2.12. The minimum atomic E-state index is -1.25. The molecule has 1 heterocycles. The summed E-state index contributed by atoms with van der Waals surface area (Å²) >= 11 is 0. The SMILES string of the molecule is CNCc1cccc(C)n1.COc1cccc(CNCCCNC(=O)c2cc(C=O)cc(N(C)S(C)=O)c2)c1.Cc1ccccc1. The van der Waals surface area contributed by atoms with E-state index >= 15 is 0 Å². The molecule has 0 spiro atoms. The molecule has 1 unspecified atom stereocenters. The van der Waals surface area contributed by atoms with E-state index in [0.29, 0.717) is 29.6 Å². The predicted octanol–water partition coefficient (Wildman–Crippen LogP) is 5.25. The first-order chi connectivity index (χ1) is 22.2. The fourth-order valence-electron chi connectivity index (χ4n) is 4.11. The number of ether oxygens (including phenoxy) is 1. The first-order valence-electron chi connectivity index (χ1n) is 15.0. The van der Waals surface area contributed by atoms with E-state index in [1.807, 2.05) is 74.6 Å². The van der Waals surface area contributed by atoms with E-state index in [1.54, 1.807) is 26.3 Å². The van der Waals surface area contributed by atoms with Gasteiger partial charge in [0.25, 0.3) is 5.91 Å². The smallest absolute Gasteiger partial charge is 0.251 e. The van der Waals surface area contributed by atoms with Crippen molar-refractivity contribution in [2.45, 2.75) is 33.4 Å². The van der Waals surface area contributed by atoms with Crippen molar-refractivity contribution in [3.05, 3.63) is 125 Å². The van der Waals surface area contributed by atoms with Gasteiger partial charge in [0.2, 0.25) is 0 Å². The number of benzene rings is 3. The summed E-state index contributed by atoms with van der Waals surface area (Å²) in [5.41, 5.74) is 5.92. The third-order valence-corrected chi connectivity index (χ3v) is 7.59. The van der Waals surface area contributed by atoms with Crippen molar-refractivity contribution in [2.24, 2.45) is 0 Å². The summed E-state index contributed by atoms with van der Waals surface area (Å²) in [7, 11) is 3.96. The van der Waals surface area contributed by atoms with E-state index in [-0.39, 0.29) is 5.91 Å². The van der Waals surface area contributed by atoms with E-state index in [2.05, 4.69) is 40.0 Å². The predicted molar refractivity (Wildman–Crippen MR) is 189 cm³/mol. The summed E-state index contributed by atoms with van der Waals surface area (Å²) in [6.07, 6.45) is 2.97. The summed E-state index contributed by atoms with van der Waals surface area (Å²) < 4.78 is 18.4. The molecule has 0 aliphatic rings. The van der Waals surface area contributed by atoms with E-state index in [1.165, 1.54) is 22.2 Å². The van der Waals surface area contributed by atoms with Crippen molar-refractivity contribution in [1.82, 2.24) is 20.9 Å². The number of aryl methyl sites for hydroxylation is 2. The maximum absolute atomic E-state index is 12.4. The van der Waals surface area contributed by atoms with Crippen LogP contribution in [0.25, 0.3) is 0 Å². The lowest BCUT2D eigenvalue weighted by Crippen LogP contribution is -2.28. The van der Waals surface area contributed by atoms with Crippen LogP contribution in [0.2, 0.25) is 0 Å². The molecule has 46 heavy (non-hydrogen) atoms. The van der Waals surface area contributed by atoms with E-state index in [9.17, 15) is 13.8 Å². The van der Waals surface area contributed by atoms with Gasteiger partial charge in [0.15, 0.2) is 0 Å². The highest BCUT2D eigenvalue weighted by Crippen LogP contribution is 2.19. The zero-order valence-corrected chi connectivity index (χ0v) is 28.5. The van der Waals surface area contributed by atoms with Crippen LogP contribution in [-0.4, -0.2) is 61.9 Å². The number of hydrogen-bond donors (Lipinski definition) is 3. The summed E-state index contributed by atoms with van der Waals surface area (Å²) in [6.45, 7) is 6.89. The summed E-state index contributed by atoms with van der Waals surface area (Å²) in [4.78, 5) is 27.9. The average molecular weight is 646 g/mol. The summed E-state index contributed by atoms with van der Waals surface area (Å²) in [5.74, 6) is 0.559. The molecular weight excluding hydrogens is 598 g/mol. The molecule has 3 N–H and O–H groups in total. The maximum atomic E-state index is 12.4. The number of pyridine rings is 1. The highest BCUT2D eigenvalue weighted by molar-refractivity contribution is 7.85. The van der Waals surface area contributed by atoms with Gasteiger partial charge in [-0.1, -0.05) is 54.1 Å². The second-order valence-corrected chi connectivity index (χ2v) is 11.8. The van der Waals surface area contributed by atoms with Crippen LogP contribution in [0.4, 0.5) is 5.69 Å². The normalized spacial score (nSPS) is 10.7. The lowest BCUT2D eigenvalue weighted by Gasteiger charge is -2.17. The molecule has 0 saturated carbocycles. The van der Waals surface area contributed by atoms with E-state index in [0.717, 1.165) is 48.8 Å². The Morgan fingerprint density at radius 1 is 0.935 bits per heavy atom. The number of anilines is 1. The Morgan fingerprint density at radius 2 is 1.67 bits per heavy atom. The number of nitrogens with one attached hydrogen (secondary N) is 3. The van der Waals surface area contributed by atoms with Crippen molar-refractivity contribution in [1.29, 1.82) is 0 Å². The molecule has 1 amide bonds. The van der Waals surface area contributed by atoms with Gasteiger partial charge in [0.05, 0.1) is 18.5 Å². The van der Waals surface area contributed by atoms with Crippen LogP contribution in [0.5, 0.6) is 5.75 Å².